The average molecular weight is 259 g/mol. The predicted octanol–water partition coefficient (Wildman–Crippen LogP) is 4.34. The molecule has 0 amide bonds. The summed E-state index contributed by atoms with van der Waals surface area (Å²) in [4.78, 5) is 8.56. The summed E-state index contributed by atoms with van der Waals surface area (Å²) in [5.41, 5.74) is 8.52. The quantitative estimate of drug-likeness (QED) is 0.872. The molecule has 0 aliphatic heterocycles. The average Bonchev–Trinajstić information content (AvgIpc) is 2.51. The summed E-state index contributed by atoms with van der Waals surface area (Å²) in [5, 5.41) is 0. The minimum absolute atomic E-state index is 0.522. The summed E-state index contributed by atoms with van der Waals surface area (Å²) in [6.07, 6.45) is 2.87. The summed E-state index contributed by atoms with van der Waals surface area (Å²) in [5.74, 6) is 0.522. The van der Waals surface area contributed by atoms with E-state index in [2.05, 4.69) is 23.0 Å². The van der Waals surface area contributed by atoms with Crippen LogP contribution in [0.25, 0.3) is 11.4 Å². The van der Waals surface area contributed by atoms with E-state index in [-0.39, 0.29) is 0 Å². The van der Waals surface area contributed by atoms with E-state index in [1.807, 2.05) is 52.1 Å². The van der Waals surface area contributed by atoms with E-state index in [1.165, 1.54) is 5.56 Å². The van der Waals surface area contributed by atoms with Gasteiger partial charge in [0.25, 0.3) is 0 Å². The molecule has 0 bridgehead atoms. The third-order valence-corrected chi connectivity index (χ3v) is 2.27. The predicted molar refractivity (Wildman–Crippen MR) is 84.0 cm³/mol. The van der Waals surface area contributed by atoms with Crippen LogP contribution in [-0.4, -0.2) is 9.97 Å². The van der Waals surface area contributed by atoms with Gasteiger partial charge < -0.3 is 5.73 Å². The molecule has 0 spiro atoms. The molecule has 0 atom stereocenters. The number of rotatable bonds is 2. The zero-order valence-corrected chi connectivity index (χ0v) is 12.6. The van der Waals surface area contributed by atoms with Crippen molar-refractivity contribution in [3.05, 3.63) is 42.1 Å². The monoisotopic (exact) mass is 259 g/mol. The largest absolute Gasteiger partial charge is 0.384 e. The van der Waals surface area contributed by atoms with Crippen LogP contribution in [0.4, 0.5) is 5.82 Å². The second-order valence-corrected chi connectivity index (χ2v) is 3.35. The van der Waals surface area contributed by atoms with Gasteiger partial charge in [0, 0.05) is 6.20 Å². The van der Waals surface area contributed by atoms with E-state index in [4.69, 9.17) is 5.73 Å². The zero-order valence-electron chi connectivity index (χ0n) is 12.6. The van der Waals surface area contributed by atoms with Crippen LogP contribution in [0.2, 0.25) is 0 Å². The van der Waals surface area contributed by atoms with Crippen molar-refractivity contribution >= 4 is 5.82 Å². The van der Waals surface area contributed by atoms with Gasteiger partial charge >= 0.3 is 0 Å². The Morgan fingerprint density at radius 3 is 2.11 bits per heavy atom. The van der Waals surface area contributed by atoms with Crippen LogP contribution in [0, 0.1) is 0 Å². The normalized spacial score (nSPS) is 8.68. The highest BCUT2D eigenvalue weighted by Gasteiger charge is 2.00. The smallest absolute Gasteiger partial charge is 0.124 e. The van der Waals surface area contributed by atoms with Gasteiger partial charge in [-0.3, -0.25) is 4.98 Å². The summed E-state index contributed by atoms with van der Waals surface area (Å²) >= 11 is 0. The molecule has 0 radical (unpaired) electrons. The molecule has 19 heavy (non-hydrogen) atoms. The van der Waals surface area contributed by atoms with Gasteiger partial charge in [-0.2, -0.15) is 0 Å². The highest BCUT2D eigenvalue weighted by molar-refractivity contribution is 5.56. The van der Waals surface area contributed by atoms with Gasteiger partial charge in [0.15, 0.2) is 0 Å². The Bertz CT molecular complexity index is 450. The van der Waals surface area contributed by atoms with Gasteiger partial charge in [-0.1, -0.05) is 46.8 Å². The van der Waals surface area contributed by atoms with Gasteiger partial charge in [0.1, 0.15) is 5.82 Å². The Morgan fingerprint density at radius 2 is 1.63 bits per heavy atom. The van der Waals surface area contributed by atoms with E-state index in [0.29, 0.717) is 5.82 Å². The van der Waals surface area contributed by atoms with Crippen molar-refractivity contribution in [2.24, 2.45) is 0 Å². The van der Waals surface area contributed by atoms with Crippen LogP contribution in [-0.2, 0) is 6.42 Å². The van der Waals surface area contributed by atoms with Gasteiger partial charge in [-0.25, -0.2) is 4.98 Å². The highest BCUT2D eigenvalue weighted by atomic mass is 14.9. The summed E-state index contributed by atoms with van der Waals surface area (Å²) < 4.78 is 0. The molecule has 0 aliphatic rings. The lowest BCUT2D eigenvalue weighted by Gasteiger charge is -2.01. The first kappa shape index (κ1) is 17.1. The number of aryl methyl sites for hydroxylation is 1. The molecule has 3 nitrogen and oxygen atoms in total. The molecule has 2 N–H and O–H groups in total. The molecular weight excluding hydrogens is 234 g/mol. The van der Waals surface area contributed by atoms with Crippen LogP contribution >= 0.6 is 0 Å². The number of nitrogens with zero attached hydrogens (tertiary/aromatic N) is 2. The number of anilines is 1. The van der Waals surface area contributed by atoms with Crippen molar-refractivity contribution in [1.29, 1.82) is 0 Å². The zero-order chi connectivity index (χ0) is 14.7. The molecule has 2 rings (SSSR count). The molecule has 0 aromatic carbocycles. The fourth-order valence-electron chi connectivity index (χ4n) is 1.38. The number of nitrogens with two attached hydrogens (primary N) is 1. The third kappa shape index (κ3) is 5.51. The molecule has 2 aromatic rings. The lowest BCUT2D eigenvalue weighted by atomic mass is 10.2. The lowest BCUT2D eigenvalue weighted by molar-refractivity contribution is 1.10. The summed E-state index contributed by atoms with van der Waals surface area (Å²) in [6, 6.07) is 9.59. The maximum atomic E-state index is 5.61. The Morgan fingerprint density at radius 1 is 0.947 bits per heavy atom. The maximum absolute atomic E-state index is 5.61. The van der Waals surface area contributed by atoms with Crippen molar-refractivity contribution in [3.8, 4) is 11.4 Å². The highest BCUT2D eigenvalue weighted by Crippen LogP contribution is 2.15. The molecule has 104 valence electrons. The second-order valence-electron chi connectivity index (χ2n) is 3.35. The third-order valence-electron chi connectivity index (χ3n) is 2.27. The maximum Gasteiger partial charge on any atom is 0.124 e. The van der Waals surface area contributed by atoms with E-state index in [9.17, 15) is 0 Å². The molecule has 0 saturated carbocycles. The molecule has 2 heterocycles. The van der Waals surface area contributed by atoms with E-state index in [1.54, 1.807) is 6.07 Å². The molecule has 3 heteroatoms. The standard InChI is InChI=1S/C12H13N3.2C2H6/c1-2-9-6-7-10(14-8-9)11-4-3-5-12(13)15-11;2*1-2/h3-8H,2H2,1H3,(H2,13,15);2*1-2H3. The van der Waals surface area contributed by atoms with Gasteiger partial charge in [-0.15, -0.1) is 0 Å². The second kappa shape index (κ2) is 10.1. The van der Waals surface area contributed by atoms with Crippen LogP contribution in [0.15, 0.2) is 36.5 Å². The van der Waals surface area contributed by atoms with Crippen LogP contribution in [0.1, 0.15) is 40.2 Å². The van der Waals surface area contributed by atoms with Crippen LogP contribution < -0.4 is 5.73 Å². The fraction of sp³-hybridized carbons (Fsp3) is 0.375. The van der Waals surface area contributed by atoms with Gasteiger partial charge in [-0.05, 0) is 30.2 Å². The van der Waals surface area contributed by atoms with E-state index >= 15 is 0 Å². The number of hydrogen-bond donors (Lipinski definition) is 1. The van der Waals surface area contributed by atoms with Crippen molar-refractivity contribution in [3.63, 3.8) is 0 Å². The minimum Gasteiger partial charge on any atom is -0.384 e. The minimum atomic E-state index is 0.522. The molecule has 0 unspecified atom stereocenters. The first-order valence-electron chi connectivity index (χ1n) is 6.97. The molecular formula is C16H25N3. The Kier molecular flexibility index (Phi) is 9.06. The van der Waals surface area contributed by atoms with Gasteiger partial charge in [0.2, 0.25) is 0 Å². The topological polar surface area (TPSA) is 51.8 Å². The Balaban J connectivity index is 0.000000741. The van der Waals surface area contributed by atoms with Crippen molar-refractivity contribution in [2.45, 2.75) is 41.0 Å². The molecule has 0 aliphatic carbocycles. The molecule has 2 aromatic heterocycles. The lowest BCUT2D eigenvalue weighted by Crippen LogP contribution is -1.93. The molecule has 0 saturated heterocycles. The van der Waals surface area contributed by atoms with Gasteiger partial charge in [0.05, 0.1) is 11.4 Å². The number of hydrogen-bond acceptors (Lipinski definition) is 3. The van der Waals surface area contributed by atoms with Crippen molar-refractivity contribution in [1.82, 2.24) is 9.97 Å². The van der Waals surface area contributed by atoms with E-state index in [0.717, 1.165) is 17.8 Å². The van der Waals surface area contributed by atoms with Crippen molar-refractivity contribution in [2.75, 3.05) is 5.73 Å². The summed E-state index contributed by atoms with van der Waals surface area (Å²) in [7, 11) is 0. The Labute approximate surface area is 116 Å². The Hall–Kier alpha value is -1.90. The van der Waals surface area contributed by atoms with Crippen LogP contribution in [0.5, 0.6) is 0 Å². The van der Waals surface area contributed by atoms with Crippen LogP contribution in [0.3, 0.4) is 0 Å². The number of nitrogen functional groups attached to an aromatic ring is 1. The van der Waals surface area contributed by atoms with E-state index < -0.39 is 0 Å². The number of aromatic nitrogens is 2. The summed E-state index contributed by atoms with van der Waals surface area (Å²) in [6.45, 7) is 10.1. The molecule has 0 fully saturated rings. The number of pyridine rings is 2. The fourth-order valence-corrected chi connectivity index (χ4v) is 1.38. The van der Waals surface area contributed by atoms with Crippen molar-refractivity contribution < 1.29 is 0 Å². The first-order chi connectivity index (χ1) is 9.29. The first-order valence-corrected chi connectivity index (χ1v) is 6.97. The SMILES string of the molecule is CC.CC.CCc1ccc(-c2cccc(N)n2)nc1.